The van der Waals surface area contributed by atoms with Gasteiger partial charge in [-0.3, -0.25) is 9.69 Å². The monoisotopic (exact) mass is 486 g/mol. The van der Waals surface area contributed by atoms with Crippen molar-refractivity contribution in [2.24, 2.45) is 11.8 Å². The Bertz CT molecular complexity index is 982. The van der Waals surface area contributed by atoms with Gasteiger partial charge in [-0.25, -0.2) is 4.39 Å². The molecule has 0 bridgehead atoms. The number of amides is 1. The van der Waals surface area contributed by atoms with Gasteiger partial charge in [0.05, 0.1) is 11.5 Å². The molecule has 192 valence electrons. The molecule has 2 unspecified atom stereocenters. The first-order valence-electron chi connectivity index (χ1n) is 13.4. The van der Waals surface area contributed by atoms with E-state index >= 15 is 0 Å². The Balaban J connectivity index is 1.01. The Kier molecular flexibility index (Phi) is 7.88. The van der Waals surface area contributed by atoms with E-state index < -0.39 is 0 Å². The largest absolute Gasteiger partial charge is 0.381 e. The third kappa shape index (κ3) is 5.97. The molecule has 2 aromatic rings. The molecule has 1 saturated heterocycles. The molecule has 2 aliphatic carbocycles. The average molecular weight is 487 g/mol. The number of piperazine rings is 1. The number of carbonyl (C=O) groups is 1. The molecule has 1 aromatic heterocycles. The minimum Gasteiger partial charge on any atom is -0.381 e. The molecule has 0 spiro atoms. The van der Waals surface area contributed by atoms with Gasteiger partial charge >= 0.3 is 0 Å². The van der Waals surface area contributed by atoms with Crippen molar-refractivity contribution in [1.29, 1.82) is 0 Å². The van der Waals surface area contributed by atoms with Gasteiger partial charge in [0.1, 0.15) is 5.82 Å². The fourth-order valence-corrected chi connectivity index (χ4v) is 6.19. The molecule has 1 amide bonds. The zero-order valence-corrected chi connectivity index (χ0v) is 20.9. The minimum atomic E-state index is -0.261. The number of hydrogen-bond acceptors (Lipinski definition) is 6. The molecule has 1 N–H and O–H groups in total. The van der Waals surface area contributed by atoms with E-state index in [2.05, 4.69) is 20.3 Å². The third-order valence-electron chi connectivity index (χ3n) is 8.46. The van der Waals surface area contributed by atoms with Crippen molar-refractivity contribution < 1.29 is 18.4 Å². The van der Waals surface area contributed by atoms with Gasteiger partial charge in [-0.05, 0) is 82.0 Å². The van der Waals surface area contributed by atoms with E-state index in [0.717, 1.165) is 88.4 Å². The summed E-state index contributed by atoms with van der Waals surface area (Å²) < 4.78 is 24.6. The summed E-state index contributed by atoms with van der Waals surface area (Å²) in [6.45, 7) is 4.84. The van der Waals surface area contributed by atoms with Gasteiger partial charge in [-0.2, -0.15) is 0 Å². The lowest BCUT2D eigenvalue weighted by atomic mass is 9.82. The van der Waals surface area contributed by atoms with Crippen molar-refractivity contribution in [3.63, 3.8) is 0 Å². The fraction of sp³-hybridized carbons (Fsp3) is 0.704. The second-order valence-electron chi connectivity index (χ2n) is 10.7. The molecule has 35 heavy (non-hydrogen) atoms. The fourth-order valence-electron chi connectivity index (χ4n) is 6.19. The Morgan fingerprint density at radius 2 is 1.94 bits per heavy atom. The summed E-state index contributed by atoms with van der Waals surface area (Å²) in [5, 5.41) is 8.30. The molecule has 2 saturated carbocycles. The highest BCUT2D eigenvalue weighted by Gasteiger charge is 2.30. The molecule has 3 aliphatic rings. The molecule has 0 radical (unpaired) electrons. The molecule has 2 heterocycles. The van der Waals surface area contributed by atoms with Crippen molar-refractivity contribution in [3.05, 3.63) is 24.0 Å². The van der Waals surface area contributed by atoms with Crippen LogP contribution >= 0.6 is 0 Å². The first-order chi connectivity index (χ1) is 17.1. The minimum absolute atomic E-state index is 0.124. The van der Waals surface area contributed by atoms with Crippen molar-refractivity contribution >= 4 is 22.7 Å². The lowest BCUT2D eigenvalue weighted by Gasteiger charge is -2.36. The number of aromatic nitrogens is 1. The number of carbonyl (C=O) groups excluding carboxylic acids is 1. The number of anilines is 1. The maximum atomic E-state index is 13.7. The molecule has 1 aromatic carbocycles. The highest BCUT2D eigenvalue weighted by Crippen LogP contribution is 2.31. The lowest BCUT2D eigenvalue weighted by molar-refractivity contribution is -0.128. The van der Waals surface area contributed by atoms with Crippen LogP contribution in [0, 0.1) is 17.7 Å². The molecule has 2 atom stereocenters. The van der Waals surface area contributed by atoms with Gasteiger partial charge < -0.3 is 19.5 Å². The molecule has 1 aliphatic heterocycles. The van der Waals surface area contributed by atoms with Crippen molar-refractivity contribution in [2.75, 3.05) is 44.7 Å². The van der Waals surface area contributed by atoms with Crippen LogP contribution in [0.25, 0.3) is 11.0 Å². The summed E-state index contributed by atoms with van der Waals surface area (Å²) in [5.74, 6) is 1.61. The molecular weight excluding hydrogens is 447 g/mol. The Morgan fingerprint density at radius 3 is 2.71 bits per heavy atom. The molecular formula is C27H39FN4O3. The quantitative estimate of drug-likeness (QED) is 0.627. The van der Waals surface area contributed by atoms with Crippen molar-refractivity contribution in [3.8, 4) is 0 Å². The second-order valence-corrected chi connectivity index (χ2v) is 10.7. The second kappa shape index (κ2) is 11.2. The normalized spacial score (nSPS) is 28.3. The summed E-state index contributed by atoms with van der Waals surface area (Å²) in [6, 6.07) is 4.90. The number of halogens is 1. The van der Waals surface area contributed by atoms with E-state index in [4.69, 9.17) is 9.26 Å². The molecule has 3 fully saturated rings. The number of ether oxygens (including phenoxy) is 1. The standard InChI is InChI=1S/C27H39FN4O3/c1-34-23-4-2-3-20(17-23)27(33)29-22-8-5-19(6-9-22)11-12-31-13-15-32(16-14-31)26-24-18-21(28)7-10-25(24)35-30-26/h7,10,18-20,22-23H,2-6,8-9,11-17H2,1H3,(H,29,33)/t19-,20?,22-,23?. The summed E-state index contributed by atoms with van der Waals surface area (Å²) in [6.07, 6.45) is 10.1. The van der Waals surface area contributed by atoms with Crippen LogP contribution in [0.4, 0.5) is 10.2 Å². The molecule has 8 heteroatoms. The van der Waals surface area contributed by atoms with Crippen LogP contribution < -0.4 is 10.2 Å². The van der Waals surface area contributed by atoms with Crippen LogP contribution in [0.15, 0.2) is 22.7 Å². The van der Waals surface area contributed by atoms with E-state index in [1.165, 1.54) is 31.4 Å². The van der Waals surface area contributed by atoms with Crippen LogP contribution in [0.5, 0.6) is 0 Å². The van der Waals surface area contributed by atoms with Crippen LogP contribution in [-0.2, 0) is 9.53 Å². The SMILES string of the molecule is COC1CCCC(C(=O)N[C@H]2CC[C@H](CCN3CCN(c4noc5ccc(F)cc45)CC3)CC2)C1. The lowest BCUT2D eigenvalue weighted by Crippen LogP contribution is -2.47. The Morgan fingerprint density at radius 1 is 1.14 bits per heavy atom. The third-order valence-corrected chi connectivity index (χ3v) is 8.46. The number of nitrogens with one attached hydrogen (secondary N) is 1. The number of nitrogens with zero attached hydrogens (tertiary/aromatic N) is 3. The van der Waals surface area contributed by atoms with E-state index in [0.29, 0.717) is 11.6 Å². The van der Waals surface area contributed by atoms with Gasteiger partial charge in [0.2, 0.25) is 5.91 Å². The van der Waals surface area contributed by atoms with Gasteiger partial charge in [-0.1, -0.05) is 11.6 Å². The average Bonchev–Trinajstić information content (AvgIpc) is 3.31. The predicted octanol–water partition coefficient (Wildman–Crippen LogP) is 4.36. The summed E-state index contributed by atoms with van der Waals surface area (Å²) >= 11 is 0. The zero-order chi connectivity index (χ0) is 24.2. The van der Waals surface area contributed by atoms with Crippen LogP contribution in [0.3, 0.4) is 0 Å². The van der Waals surface area contributed by atoms with Gasteiger partial charge in [0, 0.05) is 45.2 Å². The Labute approximate surface area is 207 Å². The first-order valence-corrected chi connectivity index (χ1v) is 13.4. The highest BCUT2D eigenvalue weighted by molar-refractivity contribution is 5.88. The smallest absolute Gasteiger partial charge is 0.223 e. The zero-order valence-electron chi connectivity index (χ0n) is 20.9. The Hall–Kier alpha value is -2.19. The maximum absolute atomic E-state index is 13.7. The number of benzene rings is 1. The highest BCUT2D eigenvalue weighted by atomic mass is 19.1. The van der Waals surface area contributed by atoms with E-state index in [1.54, 1.807) is 13.2 Å². The number of methoxy groups -OCH3 is 1. The number of hydrogen-bond donors (Lipinski definition) is 1. The van der Waals surface area contributed by atoms with E-state index in [1.807, 2.05) is 0 Å². The number of rotatable bonds is 7. The van der Waals surface area contributed by atoms with Gasteiger partial charge in [-0.15, -0.1) is 0 Å². The maximum Gasteiger partial charge on any atom is 0.223 e. The molecule has 5 rings (SSSR count). The number of fused-ring (bicyclic) bond motifs is 1. The summed E-state index contributed by atoms with van der Waals surface area (Å²) in [5.41, 5.74) is 0.633. The van der Waals surface area contributed by atoms with Gasteiger partial charge in [0.25, 0.3) is 0 Å². The van der Waals surface area contributed by atoms with Crippen molar-refractivity contribution in [2.45, 2.75) is 69.9 Å². The van der Waals surface area contributed by atoms with Crippen LogP contribution in [-0.4, -0.2) is 67.9 Å². The first kappa shape index (κ1) is 24.5. The van der Waals surface area contributed by atoms with Crippen molar-refractivity contribution in [1.82, 2.24) is 15.4 Å². The molecule has 7 nitrogen and oxygen atoms in total. The van der Waals surface area contributed by atoms with E-state index in [-0.39, 0.29) is 23.7 Å². The predicted molar refractivity (Wildman–Crippen MR) is 134 cm³/mol. The summed E-state index contributed by atoms with van der Waals surface area (Å²) in [7, 11) is 1.76. The van der Waals surface area contributed by atoms with E-state index in [9.17, 15) is 9.18 Å². The van der Waals surface area contributed by atoms with Gasteiger partial charge in [0.15, 0.2) is 11.4 Å². The van der Waals surface area contributed by atoms with Crippen LogP contribution in [0.2, 0.25) is 0 Å². The summed E-state index contributed by atoms with van der Waals surface area (Å²) in [4.78, 5) is 17.5. The topological polar surface area (TPSA) is 70.8 Å². The van der Waals surface area contributed by atoms with Crippen LogP contribution in [0.1, 0.15) is 57.8 Å².